The molecule has 0 spiro atoms. The van der Waals surface area contributed by atoms with Gasteiger partial charge in [0.05, 0.1) is 6.54 Å². The Bertz CT molecular complexity index is 1090. The molecule has 33 heavy (non-hydrogen) atoms. The highest BCUT2D eigenvalue weighted by Crippen LogP contribution is 2.31. The van der Waals surface area contributed by atoms with Crippen molar-refractivity contribution in [2.45, 2.75) is 35.2 Å². The lowest BCUT2D eigenvalue weighted by atomic mass is 10.3. The molecule has 4 rings (SSSR count). The van der Waals surface area contributed by atoms with E-state index in [1.54, 1.807) is 18.2 Å². The average Bonchev–Trinajstić information content (AvgIpc) is 3.40. The molecule has 9 nitrogen and oxygen atoms in total. The summed E-state index contributed by atoms with van der Waals surface area (Å²) in [5.41, 5.74) is 0.238. The van der Waals surface area contributed by atoms with Crippen LogP contribution in [0.2, 0.25) is 0 Å². The van der Waals surface area contributed by atoms with Gasteiger partial charge in [0.1, 0.15) is 30.6 Å². The number of rotatable bonds is 7. The second-order valence-corrected chi connectivity index (χ2v) is 8.20. The predicted molar refractivity (Wildman–Crippen MR) is 113 cm³/mol. The molecule has 1 aliphatic rings. The molecule has 1 amide bonds. The minimum Gasteiger partial charge on any atom is -0.353 e. The molecule has 3 N–H and O–H groups in total. The second-order valence-electron chi connectivity index (χ2n) is 7.16. The van der Waals surface area contributed by atoms with Crippen LogP contribution in [0, 0.1) is 0 Å². The van der Waals surface area contributed by atoms with E-state index < -0.39 is 24.7 Å². The second kappa shape index (κ2) is 9.60. The molecule has 3 heterocycles. The van der Waals surface area contributed by atoms with Crippen LogP contribution in [0.1, 0.15) is 12.8 Å². The Morgan fingerprint density at radius 1 is 1.24 bits per heavy atom. The number of carbonyl (C=O) groups excluding carboxylic acids is 1. The van der Waals surface area contributed by atoms with Crippen LogP contribution in [0.3, 0.4) is 0 Å². The molecule has 2 aromatic heterocycles. The number of benzene rings is 1. The lowest BCUT2D eigenvalue weighted by Crippen LogP contribution is -2.21. The van der Waals surface area contributed by atoms with Crippen LogP contribution in [0.25, 0.3) is 0 Å². The van der Waals surface area contributed by atoms with E-state index in [1.165, 1.54) is 30.2 Å². The first-order valence-electron chi connectivity index (χ1n) is 9.79. The van der Waals surface area contributed by atoms with Gasteiger partial charge in [-0.15, -0.1) is 10.2 Å². The Kier molecular flexibility index (Phi) is 6.62. The van der Waals surface area contributed by atoms with Gasteiger partial charge < -0.3 is 20.5 Å². The van der Waals surface area contributed by atoms with Crippen LogP contribution >= 0.6 is 11.8 Å². The highest BCUT2D eigenvalue weighted by atomic mass is 32.2. The summed E-state index contributed by atoms with van der Waals surface area (Å²) in [7, 11) is 0. The number of halogens is 4. The minimum absolute atomic E-state index is 0.231. The fraction of sp³-hybridized carbons (Fsp3) is 0.316. The molecular formula is C19H18F4N8OS. The van der Waals surface area contributed by atoms with Crippen LogP contribution in [0.15, 0.2) is 46.7 Å². The first-order chi connectivity index (χ1) is 15.7. The third-order valence-corrected chi connectivity index (χ3v) is 5.39. The van der Waals surface area contributed by atoms with Crippen molar-refractivity contribution in [1.29, 1.82) is 0 Å². The van der Waals surface area contributed by atoms with Gasteiger partial charge in [0.2, 0.25) is 11.9 Å². The maximum Gasteiger partial charge on any atom is 0.397 e. The van der Waals surface area contributed by atoms with Gasteiger partial charge >= 0.3 is 6.18 Å². The van der Waals surface area contributed by atoms with Crippen LogP contribution < -0.4 is 15.5 Å². The van der Waals surface area contributed by atoms with Gasteiger partial charge in [-0.3, -0.25) is 4.79 Å². The highest BCUT2D eigenvalue weighted by molar-refractivity contribution is 7.99. The number of nitrogens with one attached hydrogen (secondary N) is 3. The Labute approximate surface area is 189 Å². The lowest BCUT2D eigenvalue weighted by Gasteiger charge is -2.18. The summed E-state index contributed by atoms with van der Waals surface area (Å²) in [6.07, 6.45) is -5.23. The number of aromatic nitrogens is 5. The van der Waals surface area contributed by atoms with Gasteiger partial charge in [0.25, 0.3) is 0 Å². The molecule has 1 aromatic carbocycles. The van der Waals surface area contributed by atoms with E-state index in [4.69, 9.17) is 0 Å². The van der Waals surface area contributed by atoms with E-state index in [2.05, 4.69) is 35.8 Å². The van der Waals surface area contributed by atoms with E-state index >= 15 is 0 Å². The maximum absolute atomic E-state index is 13.7. The van der Waals surface area contributed by atoms with E-state index in [-0.39, 0.29) is 12.2 Å². The van der Waals surface area contributed by atoms with E-state index in [0.717, 1.165) is 0 Å². The fourth-order valence-electron chi connectivity index (χ4n) is 3.10. The van der Waals surface area contributed by atoms with Gasteiger partial charge in [-0.25, -0.2) is 14.4 Å². The zero-order valence-corrected chi connectivity index (χ0v) is 17.8. The van der Waals surface area contributed by atoms with Crippen molar-refractivity contribution in [3.05, 3.63) is 36.7 Å². The summed E-state index contributed by atoms with van der Waals surface area (Å²) in [5.74, 6) is 0.210. The van der Waals surface area contributed by atoms with Crippen molar-refractivity contribution in [3.8, 4) is 0 Å². The number of aromatic amines is 1. The van der Waals surface area contributed by atoms with Crippen LogP contribution in [0.5, 0.6) is 0 Å². The van der Waals surface area contributed by atoms with Gasteiger partial charge in [-0.2, -0.15) is 13.2 Å². The topological polar surface area (TPSA) is 112 Å². The summed E-state index contributed by atoms with van der Waals surface area (Å²) in [5, 5.41) is 13.1. The quantitative estimate of drug-likeness (QED) is 0.343. The molecule has 1 aliphatic heterocycles. The first kappa shape index (κ1) is 22.8. The molecule has 1 unspecified atom stereocenters. The van der Waals surface area contributed by atoms with E-state index in [0.29, 0.717) is 40.6 Å². The van der Waals surface area contributed by atoms with Crippen LogP contribution in [-0.2, 0) is 4.79 Å². The lowest BCUT2D eigenvalue weighted by molar-refractivity contribution is -0.150. The fourth-order valence-corrected chi connectivity index (χ4v) is 3.86. The highest BCUT2D eigenvalue weighted by Gasteiger charge is 2.31. The number of anilines is 4. The predicted octanol–water partition coefficient (Wildman–Crippen LogP) is 3.93. The molecule has 0 aliphatic carbocycles. The Morgan fingerprint density at radius 3 is 2.67 bits per heavy atom. The number of hydrogen-bond acceptors (Lipinski definition) is 8. The summed E-state index contributed by atoms with van der Waals surface area (Å²) in [6.45, 7) is 0.755. The molecule has 1 fully saturated rings. The number of nitrogens with zero attached hydrogens (tertiary/aromatic N) is 5. The maximum atomic E-state index is 13.7. The number of amides is 1. The molecule has 3 aromatic rings. The van der Waals surface area contributed by atoms with Crippen molar-refractivity contribution >= 4 is 40.9 Å². The van der Waals surface area contributed by atoms with Crippen molar-refractivity contribution in [2.24, 2.45) is 0 Å². The van der Waals surface area contributed by atoms with E-state index in [1.807, 2.05) is 4.90 Å². The van der Waals surface area contributed by atoms with Crippen molar-refractivity contribution < 1.29 is 22.4 Å². The van der Waals surface area contributed by atoms with Gasteiger partial charge in [0.15, 0.2) is 5.16 Å². The van der Waals surface area contributed by atoms with Crippen LogP contribution in [0.4, 0.5) is 40.8 Å². The van der Waals surface area contributed by atoms with Gasteiger partial charge in [-0.1, -0.05) is 0 Å². The number of alkyl halides is 4. The summed E-state index contributed by atoms with van der Waals surface area (Å²) < 4.78 is 50.7. The SMILES string of the molecule is O=C(CC(F)(F)F)Nc1ccc(Sc2nc(Nc3nnc[nH]3)cc(N3CCC(F)C3)n2)cc1. The molecule has 0 bridgehead atoms. The van der Waals surface area contributed by atoms with E-state index in [9.17, 15) is 22.4 Å². The van der Waals surface area contributed by atoms with Gasteiger partial charge in [-0.05, 0) is 42.4 Å². The molecule has 0 saturated carbocycles. The molecule has 174 valence electrons. The number of carbonyl (C=O) groups is 1. The minimum atomic E-state index is -4.57. The third-order valence-electron chi connectivity index (χ3n) is 4.52. The Hall–Kier alpha value is -3.42. The zero-order chi connectivity index (χ0) is 23.4. The van der Waals surface area contributed by atoms with Crippen molar-refractivity contribution in [2.75, 3.05) is 28.6 Å². The first-order valence-corrected chi connectivity index (χ1v) is 10.6. The molecule has 14 heteroatoms. The summed E-state index contributed by atoms with van der Waals surface area (Å²) in [6, 6.07) is 7.91. The monoisotopic (exact) mass is 482 g/mol. The smallest absolute Gasteiger partial charge is 0.353 e. The van der Waals surface area contributed by atoms with Crippen LogP contribution in [-0.4, -0.2) is 56.5 Å². The largest absolute Gasteiger partial charge is 0.397 e. The standard InChI is InChI=1S/C19H18F4N8OS/c20-11-5-6-31(9-11)15-7-14(27-17-24-10-25-30-17)28-18(29-15)33-13-3-1-12(2-4-13)26-16(32)8-19(21,22)23/h1-4,7,10-11H,5-6,8-9H2,(H,26,32)(H2,24,25,27,28,29,30). The van der Waals surface area contributed by atoms with Gasteiger partial charge in [0, 0.05) is 23.2 Å². The normalized spacial score (nSPS) is 16.1. The number of hydrogen-bond donors (Lipinski definition) is 3. The number of H-pyrrole nitrogens is 1. The molecule has 1 saturated heterocycles. The molecule has 0 radical (unpaired) electrons. The average molecular weight is 482 g/mol. The van der Waals surface area contributed by atoms with Crippen molar-refractivity contribution in [1.82, 2.24) is 25.1 Å². The summed E-state index contributed by atoms with van der Waals surface area (Å²) in [4.78, 5) is 25.7. The van der Waals surface area contributed by atoms with Crippen molar-refractivity contribution in [3.63, 3.8) is 0 Å². The third kappa shape index (κ3) is 6.54. The Morgan fingerprint density at radius 2 is 2.03 bits per heavy atom. The molecule has 1 atom stereocenters. The molecular weight excluding hydrogens is 464 g/mol. The Balaban J connectivity index is 1.49. The summed E-state index contributed by atoms with van der Waals surface area (Å²) >= 11 is 1.20. The zero-order valence-electron chi connectivity index (χ0n) is 16.9.